The Morgan fingerprint density at radius 3 is 2.63 bits per heavy atom. The van der Waals surface area contributed by atoms with Gasteiger partial charge in [-0.25, -0.2) is 0 Å². The molecule has 0 aliphatic heterocycles. The molecule has 1 atom stereocenters. The summed E-state index contributed by atoms with van der Waals surface area (Å²) in [4.78, 5) is 19.5. The van der Waals surface area contributed by atoms with Gasteiger partial charge in [0, 0.05) is 29.7 Å². The lowest BCUT2D eigenvalue weighted by atomic mass is 9.82. The van der Waals surface area contributed by atoms with Gasteiger partial charge in [0.05, 0.1) is 5.69 Å². The number of aliphatic imine (C=N–C) groups is 1. The van der Waals surface area contributed by atoms with E-state index in [0.29, 0.717) is 18.8 Å². The molecule has 2 rings (SSSR count). The zero-order chi connectivity index (χ0) is 21.9. The van der Waals surface area contributed by atoms with Gasteiger partial charge in [0.15, 0.2) is 0 Å². The van der Waals surface area contributed by atoms with E-state index in [1.54, 1.807) is 0 Å². The summed E-state index contributed by atoms with van der Waals surface area (Å²) in [6.45, 7) is 4.93. The van der Waals surface area contributed by atoms with Crippen molar-refractivity contribution in [2.24, 2.45) is 10.9 Å². The Hall–Kier alpha value is -1.65. The molecule has 1 amide bonds. The molecule has 0 bridgehead atoms. The lowest BCUT2D eigenvalue weighted by molar-refractivity contribution is -0.122. The Labute approximate surface area is 187 Å². The molecular formula is C25H38ClN3O. The SMILES string of the molecule is C/C(CCC(=O)NC(C/C=C/CN(C)C)C1CCCCC1)=N\c1ccc(Cl)cc1C. The molecule has 4 nitrogen and oxygen atoms in total. The van der Waals surface area contributed by atoms with Crippen LogP contribution in [0.5, 0.6) is 0 Å². The van der Waals surface area contributed by atoms with Gasteiger partial charge in [0.25, 0.3) is 0 Å². The highest BCUT2D eigenvalue weighted by atomic mass is 35.5. The number of likely N-dealkylation sites (N-methyl/N-ethyl adjacent to an activating group) is 1. The number of carbonyl (C=O) groups is 1. The van der Waals surface area contributed by atoms with Crippen LogP contribution in [0.4, 0.5) is 5.69 Å². The highest BCUT2D eigenvalue weighted by Gasteiger charge is 2.24. The molecule has 1 aliphatic rings. The minimum atomic E-state index is 0.133. The van der Waals surface area contributed by atoms with Gasteiger partial charge in [-0.2, -0.15) is 0 Å². The Balaban J connectivity index is 1.90. The van der Waals surface area contributed by atoms with Gasteiger partial charge in [-0.15, -0.1) is 0 Å². The van der Waals surface area contributed by atoms with Gasteiger partial charge in [0.1, 0.15) is 0 Å². The van der Waals surface area contributed by atoms with Gasteiger partial charge in [-0.1, -0.05) is 43.0 Å². The summed E-state index contributed by atoms with van der Waals surface area (Å²) < 4.78 is 0. The number of nitrogens with one attached hydrogen (secondary N) is 1. The number of hydrogen-bond donors (Lipinski definition) is 1. The van der Waals surface area contributed by atoms with Crippen molar-refractivity contribution in [2.45, 2.75) is 71.3 Å². The first kappa shape index (κ1) is 24.6. The van der Waals surface area contributed by atoms with Gasteiger partial charge in [-0.3, -0.25) is 9.79 Å². The number of nitrogens with zero attached hydrogens (tertiary/aromatic N) is 2. The summed E-state index contributed by atoms with van der Waals surface area (Å²) in [6, 6.07) is 5.94. The topological polar surface area (TPSA) is 44.7 Å². The maximum atomic E-state index is 12.7. The lowest BCUT2D eigenvalue weighted by Crippen LogP contribution is -2.40. The van der Waals surface area contributed by atoms with Crippen LogP contribution in [0.1, 0.15) is 63.9 Å². The zero-order valence-corrected chi connectivity index (χ0v) is 19.8. The van der Waals surface area contributed by atoms with E-state index in [1.165, 1.54) is 32.1 Å². The maximum Gasteiger partial charge on any atom is 0.220 e. The van der Waals surface area contributed by atoms with Crippen molar-refractivity contribution in [3.63, 3.8) is 0 Å². The van der Waals surface area contributed by atoms with Crippen LogP contribution in [-0.4, -0.2) is 43.2 Å². The van der Waals surface area contributed by atoms with Crippen molar-refractivity contribution in [1.29, 1.82) is 0 Å². The average Bonchev–Trinajstić information content (AvgIpc) is 2.71. The molecule has 1 unspecified atom stereocenters. The Kier molecular flexibility index (Phi) is 10.6. The molecule has 0 heterocycles. The Bertz CT molecular complexity index is 736. The molecule has 1 aromatic carbocycles. The molecule has 30 heavy (non-hydrogen) atoms. The predicted octanol–water partition coefficient (Wildman–Crippen LogP) is 6.09. The van der Waals surface area contributed by atoms with Gasteiger partial charge in [0.2, 0.25) is 5.91 Å². The van der Waals surface area contributed by atoms with Crippen molar-refractivity contribution >= 4 is 28.9 Å². The fraction of sp³-hybridized carbons (Fsp3) is 0.600. The number of hydrogen-bond acceptors (Lipinski definition) is 3. The van der Waals surface area contributed by atoms with E-state index in [9.17, 15) is 4.79 Å². The van der Waals surface area contributed by atoms with Crippen LogP contribution in [0, 0.1) is 12.8 Å². The monoisotopic (exact) mass is 431 g/mol. The number of carbonyl (C=O) groups excluding carboxylic acids is 1. The molecule has 1 fully saturated rings. The summed E-state index contributed by atoms with van der Waals surface area (Å²) in [7, 11) is 4.14. The number of aryl methyl sites for hydroxylation is 1. The second-order valence-electron chi connectivity index (χ2n) is 8.82. The van der Waals surface area contributed by atoms with Gasteiger partial charge < -0.3 is 10.2 Å². The minimum Gasteiger partial charge on any atom is -0.353 e. The molecule has 166 valence electrons. The fourth-order valence-corrected chi connectivity index (χ4v) is 4.24. The highest BCUT2D eigenvalue weighted by molar-refractivity contribution is 6.30. The van der Waals surface area contributed by atoms with E-state index in [4.69, 9.17) is 11.6 Å². The second kappa shape index (κ2) is 12.9. The third-order valence-electron chi connectivity index (χ3n) is 5.78. The largest absolute Gasteiger partial charge is 0.353 e. The van der Waals surface area contributed by atoms with Crippen LogP contribution in [0.15, 0.2) is 35.3 Å². The summed E-state index contributed by atoms with van der Waals surface area (Å²) >= 11 is 6.02. The molecule has 1 aliphatic carbocycles. The highest BCUT2D eigenvalue weighted by Crippen LogP contribution is 2.28. The Morgan fingerprint density at radius 2 is 1.97 bits per heavy atom. The van der Waals surface area contributed by atoms with Crippen molar-refractivity contribution in [1.82, 2.24) is 10.2 Å². The minimum absolute atomic E-state index is 0.133. The van der Waals surface area contributed by atoms with E-state index in [0.717, 1.165) is 35.0 Å². The third kappa shape index (κ3) is 9.01. The standard InChI is InChI=1S/C25H38ClN3O/c1-19-18-22(26)14-15-23(19)27-20(2)13-16-25(30)28-24(12-8-9-17-29(3)4)21-10-6-5-7-11-21/h8-9,14-15,18,21,24H,5-7,10-13,16-17H2,1-4H3,(H,28,30)/b9-8+,27-20+. The van der Waals surface area contributed by atoms with Gasteiger partial charge in [-0.05, 0) is 83.3 Å². The Morgan fingerprint density at radius 1 is 1.23 bits per heavy atom. The normalized spacial score (nSPS) is 16.9. The van der Waals surface area contributed by atoms with E-state index < -0.39 is 0 Å². The van der Waals surface area contributed by atoms with Crippen LogP contribution in [0.2, 0.25) is 5.02 Å². The lowest BCUT2D eigenvalue weighted by Gasteiger charge is -2.30. The molecule has 0 spiro atoms. The molecule has 0 aromatic heterocycles. The van der Waals surface area contributed by atoms with Crippen molar-refractivity contribution < 1.29 is 4.79 Å². The summed E-state index contributed by atoms with van der Waals surface area (Å²) in [6.07, 6.45) is 12.8. The summed E-state index contributed by atoms with van der Waals surface area (Å²) in [5.41, 5.74) is 2.94. The number of halogens is 1. The number of benzene rings is 1. The molecule has 1 aromatic rings. The average molecular weight is 432 g/mol. The first-order chi connectivity index (χ1) is 14.3. The van der Waals surface area contributed by atoms with Gasteiger partial charge >= 0.3 is 0 Å². The molecule has 0 saturated heterocycles. The number of rotatable bonds is 10. The third-order valence-corrected chi connectivity index (χ3v) is 6.01. The first-order valence-electron chi connectivity index (χ1n) is 11.2. The number of amides is 1. The van der Waals surface area contributed by atoms with Crippen molar-refractivity contribution in [2.75, 3.05) is 20.6 Å². The first-order valence-corrected chi connectivity index (χ1v) is 11.6. The predicted molar refractivity (Wildman–Crippen MR) is 129 cm³/mol. The summed E-state index contributed by atoms with van der Waals surface area (Å²) in [5.74, 6) is 0.729. The zero-order valence-electron chi connectivity index (χ0n) is 19.1. The maximum absolute atomic E-state index is 12.7. The molecule has 1 saturated carbocycles. The molecule has 1 N–H and O–H groups in total. The fourth-order valence-electron chi connectivity index (χ4n) is 4.01. The van der Waals surface area contributed by atoms with E-state index >= 15 is 0 Å². The van der Waals surface area contributed by atoms with Crippen LogP contribution in [-0.2, 0) is 4.79 Å². The second-order valence-corrected chi connectivity index (χ2v) is 9.26. The van der Waals surface area contributed by atoms with Crippen molar-refractivity contribution in [3.8, 4) is 0 Å². The van der Waals surface area contributed by atoms with Crippen LogP contribution in [0.3, 0.4) is 0 Å². The van der Waals surface area contributed by atoms with Crippen LogP contribution >= 0.6 is 11.6 Å². The van der Waals surface area contributed by atoms with E-state index in [2.05, 4.69) is 41.5 Å². The molecular weight excluding hydrogens is 394 g/mol. The quantitative estimate of drug-likeness (QED) is 0.359. The van der Waals surface area contributed by atoms with Crippen LogP contribution < -0.4 is 5.32 Å². The molecule has 5 heteroatoms. The smallest absolute Gasteiger partial charge is 0.220 e. The van der Waals surface area contributed by atoms with E-state index in [1.807, 2.05) is 32.0 Å². The van der Waals surface area contributed by atoms with Crippen LogP contribution in [0.25, 0.3) is 0 Å². The summed E-state index contributed by atoms with van der Waals surface area (Å²) in [5, 5.41) is 4.06. The van der Waals surface area contributed by atoms with E-state index in [-0.39, 0.29) is 11.9 Å². The molecule has 0 radical (unpaired) electrons. The van der Waals surface area contributed by atoms with Crippen molar-refractivity contribution in [3.05, 3.63) is 40.9 Å².